The van der Waals surface area contributed by atoms with Crippen molar-refractivity contribution in [1.82, 2.24) is 0 Å². The summed E-state index contributed by atoms with van der Waals surface area (Å²) in [6.45, 7) is 15.5. The first-order valence-electron chi connectivity index (χ1n) is 8.41. The molecule has 0 amide bonds. The van der Waals surface area contributed by atoms with Crippen LogP contribution in [0.2, 0.25) is 0 Å². The van der Waals surface area contributed by atoms with Crippen molar-refractivity contribution in [2.75, 3.05) is 0 Å². The maximum atomic E-state index is 3.88. The molecule has 0 radical (unpaired) electrons. The molecule has 2 rings (SSSR count). The van der Waals surface area contributed by atoms with E-state index >= 15 is 0 Å². The molecule has 0 unspecified atom stereocenters. The van der Waals surface area contributed by atoms with Gasteiger partial charge in [-0.1, -0.05) is 60.7 Å². The van der Waals surface area contributed by atoms with Gasteiger partial charge in [0.15, 0.2) is 0 Å². The molecule has 0 bridgehead atoms. The SMILES string of the molecule is C=CCc1ccc(-c2ccc(CC=C)c(CC=C)c2)cc1CC=C. The third-order valence-corrected chi connectivity index (χ3v) is 4.20. The Morgan fingerprint density at radius 1 is 0.500 bits per heavy atom. The highest BCUT2D eigenvalue weighted by Gasteiger charge is 2.07. The fourth-order valence-electron chi connectivity index (χ4n) is 3.01. The number of hydrogen-bond donors (Lipinski definition) is 0. The Labute approximate surface area is 146 Å². The Morgan fingerprint density at radius 2 is 0.833 bits per heavy atom. The van der Waals surface area contributed by atoms with Crippen LogP contribution >= 0.6 is 0 Å². The molecule has 0 atom stereocenters. The van der Waals surface area contributed by atoms with Gasteiger partial charge in [-0.25, -0.2) is 0 Å². The lowest BCUT2D eigenvalue weighted by Crippen LogP contribution is -1.95. The van der Waals surface area contributed by atoms with Crippen molar-refractivity contribution < 1.29 is 0 Å². The first kappa shape index (κ1) is 17.7. The molecule has 0 heterocycles. The summed E-state index contributed by atoms with van der Waals surface area (Å²) in [6, 6.07) is 13.4. The maximum absolute atomic E-state index is 3.88. The maximum Gasteiger partial charge on any atom is -0.00971 e. The third-order valence-electron chi connectivity index (χ3n) is 4.20. The molecule has 0 saturated heterocycles. The normalized spacial score (nSPS) is 10.2. The molecule has 0 nitrogen and oxygen atoms in total. The Hall–Kier alpha value is -2.60. The first-order valence-corrected chi connectivity index (χ1v) is 8.41. The molecule has 0 aliphatic rings. The standard InChI is InChI=1S/C24H26/c1-5-9-19-13-15-23(17-21(19)11-7-3)24-16-14-20(10-6-2)22(18-24)12-8-4/h5-8,13-18H,1-4,9-12H2. The van der Waals surface area contributed by atoms with Crippen LogP contribution in [-0.2, 0) is 25.7 Å². The van der Waals surface area contributed by atoms with Gasteiger partial charge < -0.3 is 0 Å². The van der Waals surface area contributed by atoms with Crippen molar-refractivity contribution in [3.05, 3.63) is 109 Å². The van der Waals surface area contributed by atoms with Crippen molar-refractivity contribution in [3.63, 3.8) is 0 Å². The molecule has 0 spiro atoms. The number of rotatable bonds is 9. The van der Waals surface area contributed by atoms with Gasteiger partial charge in [0.2, 0.25) is 0 Å². The predicted molar refractivity (Wildman–Crippen MR) is 107 cm³/mol. The van der Waals surface area contributed by atoms with Gasteiger partial charge in [-0.3, -0.25) is 0 Å². The van der Waals surface area contributed by atoms with E-state index in [9.17, 15) is 0 Å². The molecule has 0 fully saturated rings. The van der Waals surface area contributed by atoms with Gasteiger partial charge >= 0.3 is 0 Å². The Morgan fingerprint density at radius 3 is 1.17 bits per heavy atom. The summed E-state index contributed by atoms with van der Waals surface area (Å²) in [7, 11) is 0. The molecule has 2 aromatic carbocycles. The highest BCUT2D eigenvalue weighted by Crippen LogP contribution is 2.26. The molecule has 0 N–H and O–H groups in total. The average molecular weight is 314 g/mol. The second-order valence-corrected chi connectivity index (χ2v) is 5.94. The van der Waals surface area contributed by atoms with Gasteiger partial charge in [0.05, 0.1) is 0 Å². The summed E-state index contributed by atoms with van der Waals surface area (Å²) in [5, 5.41) is 0. The van der Waals surface area contributed by atoms with Gasteiger partial charge in [-0.2, -0.15) is 0 Å². The highest BCUT2D eigenvalue weighted by molar-refractivity contribution is 5.67. The summed E-state index contributed by atoms with van der Waals surface area (Å²) in [5.41, 5.74) is 7.78. The summed E-state index contributed by atoms with van der Waals surface area (Å²) in [5.74, 6) is 0. The quantitative estimate of drug-likeness (QED) is 0.479. The zero-order valence-electron chi connectivity index (χ0n) is 14.4. The lowest BCUT2D eigenvalue weighted by Gasteiger charge is -2.12. The van der Waals surface area contributed by atoms with Crippen LogP contribution in [0.15, 0.2) is 87.0 Å². The van der Waals surface area contributed by atoms with E-state index in [0.717, 1.165) is 25.7 Å². The minimum absolute atomic E-state index is 0.880. The van der Waals surface area contributed by atoms with Crippen LogP contribution in [0.3, 0.4) is 0 Å². The Kier molecular flexibility index (Phi) is 6.57. The van der Waals surface area contributed by atoms with Gasteiger partial charge in [-0.15, -0.1) is 26.3 Å². The van der Waals surface area contributed by atoms with Crippen molar-refractivity contribution in [3.8, 4) is 11.1 Å². The van der Waals surface area contributed by atoms with E-state index in [-0.39, 0.29) is 0 Å². The Bertz CT molecular complexity index is 681. The molecule has 0 aromatic heterocycles. The van der Waals surface area contributed by atoms with Gasteiger partial charge in [0.1, 0.15) is 0 Å². The van der Waals surface area contributed by atoms with E-state index in [1.807, 2.05) is 24.3 Å². The van der Waals surface area contributed by atoms with Crippen molar-refractivity contribution in [2.45, 2.75) is 25.7 Å². The van der Waals surface area contributed by atoms with Crippen LogP contribution in [0, 0.1) is 0 Å². The second kappa shape index (κ2) is 8.88. The van der Waals surface area contributed by atoms with Crippen molar-refractivity contribution >= 4 is 0 Å². The zero-order valence-corrected chi connectivity index (χ0v) is 14.4. The lowest BCUT2D eigenvalue weighted by atomic mass is 9.92. The minimum Gasteiger partial charge on any atom is -0.103 e. The smallest absolute Gasteiger partial charge is 0.00971 e. The topological polar surface area (TPSA) is 0 Å². The molecule has 24 heavy (non-hydrogen) atoms. The fourth-order valence-corrected chi connectivity index (χ4v) is 3.01. The monoisotopic (exact) mass is 314 g/mol. The zero-order chi connectivity index (χ0) is 17.4. The average Bonchev–Trinajstić information content (AvgIpc) is 2.59. The molecule has 122 valence electrons. The molecule has 0 heteroatoms. The summed E-state index contributed by atoms with van der Waals surface area (Å²) < 4.78 is 0. The fraction of sp³-hybridized carbons (Fsp3) is 0.167. The van der Waals surface area contributed by atoms with Gasteiger partial charge in [0, 0.05) is 0 Å². The summed E-state index contributed by atoms with van der Waals surface area (Å²) in [6.07, 6.45) is 11.4. The largest absolute Gasteiger partial charge is 0.103 e. The van der Waals surface area contributed by atoms with E-state index in [2.05, 4.69) is 62.7 Å². The van der Waals surface area contributed by atoms with Crippen LogP contribution in [0.25, 0.3) is 11.1 Å². The number of benzene rings is 2. The summed E-state index contributed by atoms with van der Waals surface area (Å²) in [4.78, 5) is 0. The second-order valence-electron chi connectivity index (χ2n) is 5.94. The first-order chi connectivity index (χ1) is 11.7. The summed E-state index contributed by atoms with van der Waals surface area (Å²) >= 11 is 0. The van der Waals surface area contributed by atoms with E-state index in [1.165, 1.54) is 33.4 Å². The van der Waals surface area contributed by atoms with Crippen molar-refractivity contribution in [2.24, 2.45) is 0 Å². The highest BCUT2D eigenvalue weighted by atomic mass is 14.1. The van der Waals surface area contributed by atoms with Crippen LogP contribution in [-0.4, -0.2) is 0 Å². The molecule has 0 aliphatic carbocycles. The molecule has 0 aliphatic heterocycles. The molecule has 2 aromatic rings. The van der Waals surface area contributed by atoms with Gasteiger partial charge in [0.25, 0.3) is 0 Å². The molecule has 0 saturated carbocycles. The van der Waals surface area contributed by atoms with Crippen LogP contribution in [0.1, 0.15) is 22.3 Å². The van der Waals surface area contributed by atoms with Crippen LogP contribution in [0.4, 0.5) is 0 Å². The van der Waals surface area contributed by atoms with E-state index in [1.54, 1.807) is 0 Å². The van der Waals surface area contributed by atoms with Crippen LogP contribution < -0.4 is 0 Å². The molecular weight excluding hydrogens is 288 g/mol. The minimum atomic E-state index is 0.880. The van der Waals surface area contributed by atoms with Gasteiger partial charge in [-0.05, 0) is 59.1 Å². The third kappa shape index (κ3) is 4.23. The van der Waals surface area contributed by atoms with E-state index in [4.69, 9.17) is 0 Å². The van der Waals surface area contributed by atoms with E-state index in [0.29, 0.717) is 0 Å². The lowest BCUT2D eigenvalue weighted by molar-refractivity contribution is 1.15. The number of hydrogen-bond acceptors (Lipinski definition) is 0. The predicted octanol–water partition coefficient (Wildman–Crippen LogP) is 6.27. The van der Waals surface area contributed by atoms with E-state index < -0.39 is 0 Å². The molecular formula is C24H26. The number of allylic oxidation sites excluding steroid dienone is 4. The van der Waals surface area contributed by atoms with Crippen molar-refractivity contribution in [1.29, 1.82) is 0 Å². The van der Waals surface area contributed by atoms with Crippen LogP contribution in [0.5, 0.6) is 0 Å². The Balaban J connectivity index is 2.46.